The number of sulfone groups is 1. The Balaban J connectivity index is 2.91. The van der Waals surface area contributed by atoms with Crippen LogP contribution >= 0.6 is 0 Å². The summed E-state index contributed by atoms with van der Waals surface area (Å²) in [6, 6.07) is 5.94. The van der Waals surface area contributed by atoms with Gasteiger partial charge >= 0.3 is 5.97 Å². The van der Waals surface area contributed by atoms with Crippen molar-refractivity contribution in [2.24, 2.45) is 0 Å². The largest absolute Gasteiger partial charge is 0.478 e. The van der Waals surface area contributed by atoms with E-state index in [4.69, 9.17) is 5.11 Å². The minimum absolute atomic E-state index is 0.173. The van der Waals surface area contributed by atoms with Crippen molar-refractivity contribution in [1.82, 2.24) is 0 Å². The molecule has 1 aromatic carbocycles. The van der Waals surface area contributed by atoms with E-state index in [1.807, 2.05) is 0 Å². The van der Waals surface area contributed by atoms with E-state index in [1.165, 1.54) is 18.2 Å². The first-order chi connectivity index (χ1) is 6.88. The topological polar surface area (TPSA) is 71.4 Å². The molecular formula is C10H10O4S. The first-order valence-electron chi connectivity index (χ1n) is 4.10. The van der Waals surface area contributed by atoms with E-state index in [0.717, 1.165) is 11.7 Å². The summed E-state index contributed by atoms with van der Waals surface area (Å²) in [4.78, 5) is 10.5. The SMILES string of the molecule is CS(=O)(=O)/C=C/c1ccc(C(=O)O)cc1. The molecule has 0 spiro atoms. The van der Waals surface area contributed by atoms with Crippen molar-refractivity contribution in [2.45, 2.75) is 0 Å². The maximum absolute atomic E-state index is 10.8. The number of benzene rings is 1. The van der Waals surface area contributed by atoms with E-state index in [-0.39, 0.29) is 5.56 Å². The average molecular weight is 226 g/mol. The molecule has 0 aliphatic heterocycles. The van der Waals surface area contributed by atoms with Gasteiger partial charge in [0.25, 0.3) is 0 Å². The fourth-order valence-corrected chi connectivity index (χ4v) is 1.34. The van der Waals surface area contributed by atoms with Gasteiger partial charge in [-0.3, -0.25) is 0 Å². The second-order valence-electron chi connectivity index (χ2n) is 3.06. The van der Waals surface area contributed by atoms with Gasteiger partial charge < -0.3 is 5.11 Å². The minimum atomic E-state index is -3.15. The van der Waals surface area contributed by atoms with E-state index in [1.54, 1.807) is 12.1 Å². The molecule has 0 saturated heterocycles. The maximum Gasteiger partial charge on any atom is 0.335 e. The zero-order valence-corrected chi connectivity index (χ0v) is 8.86. The smallest absolute Gasteiger partial charge is 0.335 e. The summed E-state index contributed by atoms with van der Waals surface area (Å²) < 4.78 is 21.6. The third-order valence-corrected chi connectivity index (χ3v) is 2.30. The van der Waals surface area contributed by atoms with Gasteiger partial charge in [-0.15, -0.1) is 0 Å². The lowest BCUT2D eigenvalue weighted by atomic mass is 10.1. The Morgan fingerprint density at radius 3 is 2.20 bits per heavy atom. The zero-order valence-electron chi connectivity index (χ0n) is 8.04. The maximum atomic E-state index is 10.8. The lowest BCUT2D eigenvalue weighted by Gasteiger charge is -1.95. The lowest BCUT2D eigenvalue weighted by Crippen LogP contribution is -1.95. The van der Waals surface area contributed by atoms with Gasteiger partial charge in [-0.2, -0.15) is 0 Å². The molecule has 0 amide bonds. The Kier molecular flexibility index (Phi) is 3.26. The normalized spacial score (nSPS) is 11.8. The number of hydrogen-bond donors (Lipinski definition) is 1. The van der Waals surface area contributed by atoms with Crippen molar-refractivity contribution in [1.29, 1.82) is 0 Å². The molecule has 0 heterocycles. The fourth-order valence-electron chi connectivity index (χ4n) is 0.939. The van der Waals surface area contributed by atoms with Crippen LogP contribution in [0.25, 0.3) is 6.08 Å². The average Bonchev–Trinajstić information content (AvgIpc) is 2.14. The molecule has 1 aromatic rings. The van der Waals surface area contributed by atoms with Crippen molar-refractivity contribution >= 4 is 21.9 Å². The highest BCUT2D eigenvalue weighted by Gasteiger charge is 2.00. The van der Waals surface area contributed by atoms with Crippen molar-refractivity contribution in [3.8, 4) is 0 Å². The number of rotatable bonds is 3. The molecule has 0 radical (unpaired) electrons. The van der Waals surface area contributed by atoms with Crippen LogP contribution in [0.2, 0.25) is 0 Å². The van der Waals surface area contributed by atoms with Gasteiger partial charge in [0.05, 0.1) is 5.56 Å². The molecule has 0 aromatic heterocycles. The summed E-state index contributed by atoms with van der Waals surface area (Å²) in [6.07, 6.45) is 2.51. The quantitative estimate of drug-likeness (QED) is 0.845. The Hall–Kier alpha value is -1.62. The Labute approximate surface area is 87.8 Å². The predicted octanol–water partition coefficient (Wildman–Crippen LogP) is 1.40. The molecule has 80 valence electrons. The minimum Gasteiger partial charge on any atom is -0.478 e. The molecule has 0 aliphatic carbocycles. The Bertz CT molecular complexity index is 483. The van der Waals surface area contributed by atoms with Gasteiger partial charge in [0.2, 0.25) is 0 Å². The van der Waals surface area contributed by atoms with Crippen LogP contribution in [-0.2, 0) is 9.84 Å². The van der Waals surface area contributed by atoms with Crippen LogP contribution in [0.4, 0.5) is 0 Å². The number of carbonyl (C=O) groups is 1. The molecule has 0 aliphatic rings. The highest BCUT2D eigenvalue weighted by Crippen LogP contribution is 2.06. The van der Waals surface area contributed by atoms with E-state index in [9.17, 15) is 13.2 Å². The van der Waals surface area contributed by atoms with E-state index in [0.29, 0.717) is 5.56 Å². The summed E-state index contributed by atoms with van der Waals surface area (Å²) in [5.74, 6) is -1.01. The second kappa shape index (κ2) is 4.27. The summed E-state index contributed by atoms with van der Waals surface area (Å²) in [6.45, 7) is 0. The molecule has 0 unspecified atom stereocenters. The second-order valence-corrected chi connectivity index (χ2v) is 4.99. The van der Waals surface area contributed by atoms with Crippen LogP contribution in [0.3, 0.4) is 0 Å². The highest BCUT2D eigenvalue weighted by atomic mass is 32.2. The standard InChI is InChI=1S/C10H10O4S/c1-15(13,14)7-6-8-2-4-9(5-3-8)10(11)12/h2-7H,1H3,(H,11,12)/b7-6+. The Morgan fingerprint density at radius 1 is 1.27 bits per heavy atom. The monoisotopic (exact) mass is 226 g/mol. The molecule has 0 atom stereocenters. The zero-order chi connectivity index (χ0) is 11.5. The van der Waals surface area contributed by atoms with E-state index < -0.39 is 15.8 Å². The molecule has 15 heavy (non-hydrogen) atoms. The molecular weight excluding hydrogens is 216 g/mol. The molecule has 4 nitrogen and oxygen atoms in total. The number of hydrogen-bond acceptors (Lipinski definition) is 3. The lowest BCUT2D eigenvalue weighted by molar-refractivity contribution is 0.0697. The molecule has 0 bridgehead atoms. The van der Waals surface area contributed by atoms with Gasteiger partial charge in [0.15, 0.2) is 9.84 Å². The van der Waals surface area contributed by atoms with E-state index >= 15 is 0 Å². The van der Waals surface area contributed by atoms with Gasteiger partial charge in [0.1, 0.15) is 0 Å². The Morgan fingerprint density at radius 2 is 1.80 bits per heavy atom. The highest BCUT2D eigenvalue weighted by molar-refractivity contribution is 7.93. The van der Waals surface area contributed by atoms with Crippen molar-refractivity contribution in [2.75, 3.05) is 6.26 Å². The first kappa shape index (κ1) is 11.5. The molecule has 5 heteroatoms. The predicted molar refractivity (Wildman–Crippen MR) is 57.3 cm³/mol. The third-order valence-electron chi connectivity index (χ3n) is 1.67. The van der Waals surface area contributed by atoms with Crippen LogP contribution < -0.4 is 0 Å². The van der Waals surface area contributed by atoms with Crippen molar-refractivity contribution < 1.29 is 18.3 Å². The summed E-state index contributed by atoms with van der Waals surface area (Å²) in [5, 5.41) is 9.69. The van der Waals surface area contributed by atoms with Gasteiger partial charge in [-0.05, 0) is 23.8 Å². The molecule has 0 saturated carbocycles. The van der Waals surface area contributed by atoms with Crippen LogP contribution in [0.1, 0.15) is 15.9 Å². The van der Waals surface area contributed by atoms with Crippen molar-refractivity contribution in [3.63, 3.8) is 0 Å². The summed E-state index contributed by atoms with van der Waals surface area (Å²) >= 11 is 0. The van der Waals surface area contributed by atoms with Gasteiger partial charge in [-0.1, -0.05) is 12.1 Å². The third kappa shape index (κ3) is 3.95. The van der Waals surface area contributed by atoms with Gasteiger partial charge in [-0.25, -0.2) is 13.2 Å². The molecule has 0 fully saturated rings. The van der Waals surface area contributed by atoms with Crippen LogP contribution in [0, 0.1) is 0 Å². The van der Waals surface area contributed by atoms with Crippen LogP contribution in [-0.4, -0.2) is 25.7 Å². The summed E-state index contributed by atoms with van der Waals surface area (Å²) in [7, 11) is -3.15. The van der Waals surface area contributed by atoms with Gasteiger partial charge in [0, 0.05) is 11.7 Å². The van der Waals surface area contributed by atoms with Crippen LogP contribution in [0.5, 0.6) is 0 Å². The van der Waals surface area contributed by atoms with E-state index in [2.05, 4.69) is 0 Å². The number of carboxylic acid groups (broad SMARTS) is 1. The van der Waals surface area contributed by atoms with Crippen molar-refractivity contribution in [3.05, 3.63) is 40.8 Å². The number of carboxylic acids is 1. The molecule has 1 rings (SSSR count). The number of aromatic carboxylic acids is 1. The molecule has 1 N–H and O–H groups in total. The first-order valence-corrected chi connectivity index (χ1v) is 6.05. The van der Waals surface area contributed by atoms with Crippen LogP contribution in [0.15, 0.2) is 29.7 Å². The summed E-state index contributed by atoms with van der Waals surface area (Å²) in [5.41, 5.74) is 0.817. The fraction of sp³-hybridized carbons (Fsp3) is 0.100.